The van der Waals surface area contributed by atoms with E-state index in [1.54, 1.807) is 12.4 Å². The second kappa shape index (κ2) is 12.1. The van der Waals surface area contributed by atoms with Crippen molar-refractivity contribution < 1.29 is 28.2 Å². The number of piperidine rings is 1. The number of benzene rings is 2. The van der Waals surface area contributed by atoms with E-state index in [4.69, 9.17) is 33.1 Å². The van der Waals surface area contributed by atoms with Crippen LogP contribution in [0.4, 0.5) is 13.2 Å². The summed E-state index contributed by atoms with van der Waals surface area (Å²) in [6, 6.07) is 19.4. The van der Waals surface area contributed by atoms with Gasteiger partial charge in [-0.1, -0.05) is 65.7 Å². The minimum atomic E-state index is -5.08. The summed E-state index contributed by atoms with van der Waals surface area (Å²) >= 11 is 13.5. The molecule has 0 bridgehead atoms. The first-order valence-corrected chi connectivity index (χ1v) is 13.1. The van der Waals surface area contributed by atoms with Crippen LogP contribution >= 0.6 is 23.2 Å². The Bertz CT molecular complexity index is 1490. The topological polar surface area (TPSA) is 86.5 Å². The quantitative estimate of drug-likeness (QED) is 0.253. The number of carboxylic acids is 1. The number of aromatic nitrogens is 2. The molecule has 2 aromatic carbocycles. The minimum Gasteiger partial charge on any atom is -0.475 e. The second-order valence-electron chi connectivity index (χ2n) is 9.60. The van der Waals surface area contributed by atoms with Crippen LogP contribution in [0.1, 0.15) is 24.0 Å². The number of rotatable bonds is 4. The molecule has 11 heteroatoms. The number of halogens is 5. The average molecular weight is 592 g/mol. The van der Waals surface area contributed by atoms with E-state index < -0.39 is 17.7 Å². The predicted octanol–water partition coefficient (Wildman–Crippen LogP) is 6.81. The molecule has 6 nitrogen and oxygen atoms in total. The molecule has 0 amide bonds. The number of aliphatic carboxylic acids is 1. The SMILES string of the molecule is CN1CCCC(C(O)(c2cccnc2)c2ccc3nc(Cl)c(-c4ccccc4)c(Cl)c3c2)C1.O=C(O)C(F)(F)F. The fourth-order valence-electron chi connectivity index (χ4n) is 5.02. The van der Waals surface area contributed by atoms with E-state index in [-0.39, 0.29) is 5.92 Å². The van der Waals surface area contributed by atoms with E-state index in [0.717, 1.165) is 48.0 Å². The molecule has 1 saturated heterocycles. The van der Waals surface area contributed by atoms with Gasteiger partial charge >= 0.3 is 12.1 Å². The van der Waals surface area contributed by atoms with Crippen LogP contribution in [0.25, 0.3) is 22.0 Å². The van der Waals surface area contributed by atoms with E-state index in [9.17, 15) is 18.3 Å². The summed E-state index contributed by atoms with van der Waals surface area (Å²) in [5.74, 6) is -2.74. The Morgan fingerprint density at radius 2 is 1.75 bits per heavy atom. The summed E-state index contributed by atoms with van der Waals surface area (Å²) in [6.07, 6.45) is 0.366. The monoisotopic (exact) mass is 591 g/mol. The van der Waals surface area contributed by atoms with Crippen LogP contribution < -0.4 is 0 Å². The van der Waals surface area contributed by atoms with Gasteiger partial charge in [-0.15, -0.1) is 0 Å². The number of aliphatic hydroxyl groups is 1. The molecule has 0 saturated carbocycles. The largest absolute Gasteiger partial charge is 0.490 e. The number of alkyl halides is 3. The highest BCUT2D eigenvalue weighted by atomic mass is 35.5. The zero-order valence-corrected chi connectivity index (χ0v) is 22.9. The first-order valence-electron chi connectivity index (χ1n) is 12.4. The third-order valence-electron chi connectivity index (χ3n) is 6.94. The molecule has 210 valence electrons. The van der Waals surface area contributed by atoms with Gasteiger partial charge < -0.3 is 15.1 Å². The maximum atomic E-state index is 12.3. The predicted molar refractivity (Wildman–Crippen MR) is 148 cm³/mol. The highest BCUT2D eigenvalue weighted by Gasteiger charge is 2.42. The lowest BCUT2D eigenvalue weighted by atomic mass is 9.73. The number of fused-ring (bicyclic) bond motifs is 1. The molecule has 0 spiro atoms. The third kappa shape index (κ3) is 6.23. The molecule has 5 rings (SSSR count). The Morgan fingerprint density at radius 1 is 1.05 bits per heavy atom. The van der Waals surface area contributed by atoms with Crippen molar-refractivity contribution in [3.8, 4) is 11.1 Å². The Kier molecular flexibility index (Phi) is 8.99. The van der Waals surface area contributed by atoms with Crippen molar-refractivity contribution >= 4 is 40.1 Å². The highest BCUT2D eigenvalue weighted by molar-refractivity contribution is 6.42. The van der Waals surface area contributed by atoms with Gasteiger partial charge in [-0.05, 0) is 55.8 Å². The number of hydrogen-bond acceptors (Lipinski definition) is 5. The van der Waals surface area contributed by atoms with E-state index in [1.807, 2.05) is 60.7 Å². The van der Waals surface area contributed by atoms with Crippen LogP contribution in [0.5, 0.6) is 0 Å². The van der Waals surface area contributed by atoms with Crippen molar-refractivity contribution in [1.29, 1.82) is 0 Å². The molecule has 1 aliphatic heterocycles. The molecule has 1 fully saturated rings. The van der Waals surface area contributed by atoms with Crippen LogP contribution in [0.2, 0.25) is 10.2 Å². The Labute approximate surface area is 239 Å². The van der Waals surface area contributed by atoms with E-state index in [0.29, 0.717) is 21.3 Å². The molecule has 4 aromatic rings. The Hall–Kier alpha value is -3.24. The number of carboxylic acid groups (broad SMARTS) is 1. The normalized spacial score (nSPS) is 17.5. The lowest BCUT2D eigenvalue weighted by Gasteiger charge is -2.42. The lowest BCUT2D eigenvalue weighted by Crippen LogP contribution is -2.45. The molecule has 1 aliphatic rings. The van der Waals surface area contributed by atoms with E-state index >= 15 is 0 Å². The molecule has 2 aromatic heterocycles. The van der Waals surface area contributed by atoms with Crippen molar-refractivity contribution in [3.05, 3.63) is 94.4 Å². The summed E-state index contributed by atoms with van der Waals surface area (Å²) in [7, 11) is 2.10. The molecular weight excluding hydrogens is 566 g/mol. The third-order valence-corrected chi connectivity index (χ3v) is 7.61. The van der Waals surface area contributed by atoms with Gasteiger partial charge in [0.05, 0.1) is 10.5 Å². The van der Waals surface area contributed by atoms with Crippen LogP contribution in [0, 0.1) is 5.92 Å². The second-order valence-corrected chi connectivity index (χ2v) is 10.3. The van der Waals surface area contributed by atoms with Crippen LogP contribution in [-0.2, 0) is 10.4 Å². The number of carbonyl (C=O) groups is 1. The molecule has 0 radical (unpaired) electrons. The fraction of sp³-hybridized carbons (Fsp3) is 0.276. The van der Waals surface area contributed by atoms with Gasteiger partial charge in [0, 0.05) is 41.4 Å². The maximum absolute atomic E-state index is 12.3. The van der Waals surface area contributed by atoms with Crippen molar-refractivity contribution in [2.45, 2.75) is 24.6 Å². The van der Waals surface area contributed by atoms with Gasteiger partial charge in [-0.2, -0.15) is 13.2 Å². The summed E-state index contributed by atoms with van der Waals surface area (Å²) < 4.78 is 31.7. The van der Waals surface area contributed by atoms with Gasteiger partial charge in [0.1, 0.15) is 10.8 Å². The highest BCUT2D eigenvalue weighted by Crippen LogP contribution is 2.44. The first kappa shape index (κ1) is 29.7. The zero-order chi connectivity index (χ0) is 29.1. The maximum Gasteiger partial charge on any atom is 0.490 e. The molecule has 2 atom stereocenters. The molecule has 2 N–H and O–H groups in total. The van der Waals surface area contributed by atoms with Crippen LogP contribution in [0.15, 0.2) is 73.1 Å². The smallest absolute Gasteiger partial charge is 0.475 e. The number of hydrogen-bond donors (Lipinski definition) is 2. The van der Waals surface area contributed by atoms with Gasteiger partial charge in [0.2, 0.25) is 0 Å². The fourth-order valence-corrected chi connectivity index (χ4v) is 5.71. The Balaban J connectivity index is 0.000000470. The van der Waals surface area contributed by atoms with E-state index in [1.165, 1.54) is 0 Å². The van der Waals surface area contributed by atoms with Crippen LogP contribution in [0.3, 0.4) is 0 Å². The van der Waals surface area contributed by atoms with Crippen molar-refractivity contribution in [2.24, 2.45) is 5.92 Å². The summed E-state index contributed by atoms with van der Waals surface area (Å²) in [5, 5.41) is 21.1. The minimum absolute atomic E-state index is 0.0190. The van der Waals surface area contributed by atoms with Gasteiger partial charge in [-0.25, -0.2) is 9.78 Å². The van der Waals surface area contributed by atoms with Crippen molar-refractivity contribution in [3.63, 3.8) is 0 Å². The lowest BCUT2D eigenvalue weighted by molar-refractivity contribution is -0.192. The van der Waals surface area contributed by atoms with Crippen molar-refractivity contribution in [2.75, 3.05) is 20.1 Å². The van der Waals surface area contributed by atoms with Gasteiger partial charge in [0.25, 0.3) is 0 Å². The van der Waals surface area contributed by atoms with Crippen molar-refractivity contribution in [1.82, 2.24) is 14.9 Å². The Morgan fingerprint density at radius 3 is 2.35 bits per heavy atom. The summed E-state index contributed by atoms with van der Waals surface area (Å²) in [5.41, 5.74) is 2.67. The summed E-state index contributed by atoms with van der Waals surface area (Å²) in [4.78, 5) is 20.1. The number of pyridine rings is 2. The summed E-state index contributed by atoms with van der Waals surface area (Å²) in [6.45, 7) is 1.83. The van der Waals surface area contributed by atoms with Gasteiger partial charge in [0.15, 0.2) is 0 Å². The molecule has 0 aliphatic carbocycles. The molecule has 3 heterocycles. The molecular formula is C29H26Cl2F3N3O3. The first-order chi connectivity index (χ1) is 18.9. The van der Waals surface area contributed by atoms with Gasteiger partial charge in [-0.3, -0.25) is 4.98 Å². The number of nitrogens with zero attached hydrogens (tertiary/aromatic N) is 3. The van der Waals surface area contributed by atoms with E-state index in [2.05, 4.69) is 21.9 Å². The zero-order valence-electron chi connectivity index (χ0n) is 21.4. The molecule has 2 unspecified atom stereocenters. The molecule has 40 heavy (non-hydrogen) atoms. The average Bonchev–Trinajstić information content (AvgIpc) is 2.93. The standard InChI is InChI=1S/C27H25Cl2N3O.C2HF3O2/c1-32-14-6-10-21(17-32)27(33,20-9-5-13-30-16-20)19-11-12-23-22(15-19)25(28)24(26(29)31-23)18-7-3-2-4-8-18;3-2(4,5)1(6)7/h2-5,7-9,11-13,15-16,21,33H,6,10,14,17H2,1H3;(H,6,7). The number of likely N-dealkylation sites (tertiary alicyclic amines) is 1. The van der Waals surface area contributed by atoms with Crippen LogP contribution in [-0.4, -0.2) is 57.4 Å².